The van der Waals surface area contributed by atoms with Crippen molar-refractivity contribution in [1.82, 2.24) is 0 Å². The van der Waals surface area contributed by atoms with Crippen LogP contribution in [0.5, 0.6) is 0 Å². The number of rotatable bonds is 3. The molecule has 0 saturated carbocycles. The van der Waals surface area contributed by atoms with Crippen molar-refractivity contribution in [3.05, 3.63) is 35.4 Å². The summed E-state index contributed by atoms with van der Waals surface area (Å²) in [6, 6.07) is 6.32. The van der Waals surface area contributed by atoms with Crippen LogP contribution in [0.1, 0.15) is 15.9 Å². The van der Waals surface area contributed by atoms with Gasteiger partial charge < -0.3 is 10.8 Å². The first-order valence-electron chi connectivity index (χ1n) is 3.87. The maximum Gasteiger partial charge on any atom is 0.151 e. The van der Waals surface area contributed by atoms with Crippen LogP contribution in [-0.2, 0) is 5.72 Å². The normalized spacial score (nSPS) is 15.0. The van der Waals surface area contributed by atoms with Gasteiger partial charge in [0.25, 0.3) is 0 Å². The molecule has 4 heteroatoms. The second kappa shape index (κ2) is 3.66. The summed E-state index contributed by atoms with van der Waals surface area (Å²) in [5.74, 6) is 0. The molecule has 0 unspecified atom stereocenters. The summed E-state index contributed by atoms with van der Waals surface area (Å²) in [7, 11) is 0. The second-order valence-corrected chi connectivity index (χ2v) is 2.87. The first-order valence-corrected chi connectivity index (χ1v) is 3.87. The Morgan fingerprint density at radius 1 is 1.38 bits per heavy atom. The number of hydrogen-bond donors (Lipinski definition) is 3. The summed E-state index contributed by atoms with van der Waals surface area (Å²) in [6.45, 7) is -0.0621. The van der Waals surface area contributed by atoms with Crippen LogP contribution in [0.2, 0.25) is 0 Å². The molecule has 13 heavy (non-hydrogen) atoms. The van der Waals surface area contributed by atoms with Gasteiger partial charge in [-0.25, -0.2) is 0 Å². The molecular weight excluding hydrogens is 168 g/mol. The predicted octanol–water partition coefficient (Wildman–Crippen LogP) is -0.438. The SMILES string of the molecule is NC[C@@](N)(O)c1ccc(C=O)cc1. The lowest BCUT2D eigenvalue weighted by molar-refractivity contribution is 0.0531. The van der Waals surface area contributed by atoms with Gasteiger partial charge in [0.2, 0.25) is 0 Å². The quantitative estimate of drug-likeness (QED) is 0.434. The smallest absolute Gasteiger partial charge is 0.151 e. The zero-order valence-electron chi connectivity index (χ0n) is 7.10. The van der Waals surface area contributed by atoms with Crippen molar-refractivity contribution in [2.45, 2.75) is 5.72 Å². The van der Waals surface area contributed by atoms with E-state index in [0.29, 0.717) is 11.1 Å². The van der Waals surface area contributed by atoms with Crippen molar-refractivity contribution < 1.29 is 9.90 Å². The van der Waals surface area contributed by atoms with Gasteiger partial charge in [-0.3, -0.25) is 10.5 Å². The van der Waals surface area contributed by atoms with E-state index in [9.17, 15) is 9.90 Å². The van der Waals surface area contributed by atoms with Crippen LogP contribution in [0.3, 0.4) is 0 Å². The molecule has 1 atom stereocenters. The highest BCUT2D eigenvalue weighted by Gasteiger charge is 2.20. The molecule has 0 aliphatic heterocycles. The summed E-state index contributed by atoms with van der Waals surface area (Å²) in [6.07, 6.45) is 0.724. The van der Waals surface area contributed by atoms with Crippen molar-refractivity contribution in [2.24, 2.45) is 11.5 Å². The van der Waals surface area contributed by atoms with Gasteiger partial charge in [-0.1, -0.05) is 24.3 Å². The molecular formula is C9H12N2O2. The molecule has 0 radical (unpaired) electrons. The van der Waals surface area contributed by atoms with E-state index in [0.717, 1.165) is 6.29 Å². The average molecular weight is 180 g/mol. The summed E-state index contributed by atoms with van der Waals surface area (Å²) in [5, 5.41) is 9.52. The molecule has 0 aliphatic carbocycles. The molecule has 1 aromatic rings. The molecule has 0 bridgehead atoms. The Balaban J connectivity index is 2.98. The third kappa shape index (κ3) is 2.12. The minimum Gasteiger partial charge on any atom is -0.370 e. The van der Waals surface area contributed by atoms with E-state index in [2.05, 4.69) is 0 Å². The van der Waals surface area contributed by atoms with Crippen LogP contribution in [-0.4, -0.2) is 17.9 Å². The molecule has 1 rings (SSSR count). The lowest BCUT2D eigenvalue weighted by Gasteiger charge is -2.21. The molecule has 0 heterocycles. The third-order valence-electron chi connectivity index (χ3n) is 1.86. The number of carbonyl (C=O) groups is 1. The van der Waals surface area contributed by atoms with Crippen molar-refractivity contribution in [2.75, 3.05) is 6.54 Å². The maximum atomic E-state index is 10.3. The average Bonchev–Trinajstić information content (AvgIpc) is 2.18. The topological polar surface area (TPSA) is 89.3 Å². The lowest BCUT2D eigenvalue weighted by atomic mass is 10.0. The van der Waals surface area contributed by atoms with Gasteiger partial charge in [0.05, 0.1) is 0 Å². The van der Waals surface area contributed by atoms with Crippen LogP contribution in [0.25, 0.3) is 0 Å². The minimum absolute atomic E-state index is 0.0621. The maximum absolute atomic E-state index is 10.3. The summed E-state index contributed by atoms with van der Waals surface area (Å²) < 4.78 is 0. The third-order valence-corrected chi connectivity index (χ3v) is 1.86. The summed E-state index contributed by atoms with van der Waals surface area (Å²) in [5.41, 5.74) is 10.3. The van der Waals surface area contributed by atoms with Crippen molar-refractivity contribution in [3.63, 3.8) is 0 Å². The highest BCUT2D eigenvalue weighted by Crippen LogP contribution is 2.13. The number of benzene rings is 1. The van der Waals surface area contributed by atoms with Gasteiger partial charge in [-0.2, -0.15) is 0 Å². The highest BCUT2D eigenvalue weighted by atomic mass is 16.3. The first-order chi connectivity index (χ1) is 6.10. The van der Waals surface area contributed by atoms with Gasteiger partial charge in [0, 0.05) is 12.1 Å². The summed E-state index contributed by atoms with van der Waals surface area (Å²) >= 11 is 0. The van der Waals surface area contributed by atoms with E-state index >= 15 is 0 Å². The van der Waals surface area contributed by atoms with Gasteiger partial charge in [0.1, 0.15) is 6.29 Å². The zero-order valence-corrected chi connectivity index (χ0v) is 7.10. The van der Waals surface area contributed by atoms with E-state index in [1.165, 1.54) is 0 Å². The van der Waals surface area contributed by atoms with Gasteiger partial charge >= 0.3 is 0 Å². The van der Waals surface area contributed by atoms with E-state index in [-0.39, 0.29) is 6.54 Å². The molecule has 70 valence electrons. The monoisotopic (exact) mass is 180 g/mol. The predicted molar refractivity (Wildman–Crippen MR) is 49.0 cm³/mol. The molecule has 0 spiro atoms. The van der Waals surface area contributed by atoms with Gasteiger partial charge in [-0.15, -0.1) is 0 Å². The van der Waals surface area contributed by atoms with Crippen LogP contribution in [0, 0.1) is 0 Å². The van der Waals surface area contributed by atoms with E-state index in [4.69, 9.17) is 11.5 Å². The largest absolute Gasteiger partial charge is 0.370 e. The summed E-state index contributed by atoms with van der Waals surface area (Å²) in [4.78, 5) is 10.3. The second-order valence-electron chi connectivity index (χ2n) is 2.87. The Morgan fingerprint density at radius 3 is 2.31 bits per heavy atom. The highest BCUT2D eigenvalue weighted by molar-refractivity contribution is 5.74. The zero-order chi connectivity index (χ0) is 9.90. The Bertz CT molecular complexity index is 293. The van der Waals surface area contributed by atoms with E-state index in [1.54, 1.807) is 24.3 Å². The molecule has 0 saturated heterocycles. The minimum atomic E-state index is -1.51. The molecule has 5 N–H and O–H groups in total. The number of hydrogen-bond acceptors (Lipinski definition) is 4. The van der Waals surface area contributed by atoms with Crippen LogP contribution < -0.4 is 11.5 Å². The molecule has 0 aliphatic rings. The van der Waals surface area contributed by atoms with Gasteiger partial charge in [-0.05, 0) is 5.56 Å². The Morgan fingerprint density at radius 2 is 1.92 bits per heavy atom. The fraction of sp³-hybridized carbons (Fsp3) is 0.222. The fourth-order valence-corrected chi connectivity index (χ4v) is 0.968. The molecule has 1 aromatic carbocycles. The van der Waals surface area contributed by atoms with Crippen LogP contribution in [0.4, 0.5) is 0 Å². The van der Waals surface area contributed by atoms with Gasteiger partial charge in [0.15, 0.2) is 5.72 Å². The van der Waals surface area contributed by atoms with Crippen molar-refractivity contribution >= 4 is 6.29 Å². The number of nitrogens with two attached hydrogens (primary N) is 2. The first kappa shape index (κ1) is 9.85. The van der Waals surface area contributed by atoms with E-state index < -0.39 is 5.72 Å². The molecule has 4 nitrogen and oxygen atoms in total. The van der Waals surface area contributed by atoms with Crippen LogP contribution in [0.15, 0.2) is 24.3 Å². The van der Waals surface area contributed by atoms with Crippen molar-refractivity contribution in [3.8, 4) is 0 Å². The Kier molecular flexibility index (Phi) is 2.77. The Hall–Kier alpha value is -1.23. The standard InChI is InChI=1S/C9H12N2O2/c10-6-9(11,13)8-3-1-7(5-12)2-4-8/h1-5,13H,6,10-11H2/t9-/m1/s1. The lowest BCUT2D eigenvalue weighted by Crippen LogP contribution is -2.43. The number of aldehydes is 1. The Labute approximate surface area is 76.2 Å². The number of carbonyl (C=O) groups excluding carboxylic acids is 1. The van der Waals surface area contributed by atoms with Crippen molar-refractivity contribution in [1.29, 1.82) is 0 Å². The molecule has 0 aromatic heterocycles. The number of aliphatic hydroxyl groups is 1. The van der Waals surface area contributed by atoms with Crippen LogP contribution >= 0.6 is 0 Å². The van der Waals surface area contributed by atoms with E-state index in [1.807, 2.05) is 0 Å². The molecule has 0 fully saturated rings. The fourth-order valence-electron chi connectivity index (χ4n) is 0.968. The molecule has 0 amide bonds.